The number of aromatic amines is 2. The molecule has 0 radical (unpaired) electrons. The van der Waals surface area contributed by atoms with E-state index in [1.165, 1.54) is 61.1 Å². The zero-order valence-electron chi connectivity index (χ0n) is 22.9. The van der Waals surface area contributed by atoms with E-state index in [4.69, 9.17) is 10.2 Å². The highest BCUT2D eigenvalue weighted by atomic mass is 16.6. The van der Waals surface area contributed by atoms with Crippen LogP contribution >= 0.6 is 0 Å². The second kappa shape index (κ2) is 14.3. The summed E-state index contributed by atoms with van der Waals surface area (Å²) in [5.41, 5.74) is 5.99. The molecule has 0 fully saturated rings. The third kappa shape index (κ3) is 7.86. The van der Waals surface area contributed by atoms with Gasteiger partial charge < -0.3 is 25.4 Å². The van der Waals surface area contributed by atoms with Crippen LogP contribution in [0.5, 0.6) is 0 Å². The van der Waals surface area contributed by atoms with E-state index in [9.17, 15) is 34.6 Å². The Bertz CT molecular complexity index is 2070. The quantitative estimate of drug-likeness (QED) is 0.158. The number of nitrogens with one attached hydrogen (secondary N) is 3. The topological polar surface area (TPSA) is 246 Å². The van der Waals surface area contributed by atoms with Crippen molar-refractivity contribution >= 4 is 39.8 Å². The van der Waals surface area contributed by atoms with Crippen LogP contribution in [0.2, 0.25) is 0 Å². The number of nitrogen functional groups attached to an aromatic ring is 1. The predicted molar refractivity (Wildman–Crippen MR) is 163 cm³/mol. The lowest BCUT2D eigenvalue weighted by Crippen LogP contribution is -2.18. The van der Waals surface area contributed by atoms with Gasteiger partial charge >= 0.3 is 0 Å². The van der Waals surface area contributed by atoms with Gasteiger partial charge in [0, 0.05) is 61.3 Å². The molecule has 5 N–H and O–H groups in total. The molecule has 0 unspecified atom stereocenters. The number of nitro groups is 2. The number of aromatic nitrogens is 4. The van der Waals surface area contributed by atoms with Gasteiger partial charge in [0.05, 0.1) is 21.7 Å². The first-order valence-electron chi connectivity index (χ1n) is 12.7. The van der Waals surface area contributed by atoms with Crippen molar-refractivity contribution in [1.29, 1.82) is 0 Å². The van der Waals surface area contributed by atoms with Gasteiger partial charge in [-0.05, 0) is 12.1 Å². The fourth-order valence-electron chi connectivity index (χ4n) is 3.67. The Morgan fingerprint density at radius 2 is 1.49 bits per heavy atom. The molecular weight excluding hydrogens is 588 g/mol. The van der Waals surface area contributed by atoms with Crippen molar-refractivity contribution < 1.29 is 19.1 Å². The normalized spacial score (nSPS) is 10.0. The zero-order chi connectivity index (χ0) is 32.3. The number of carbonyl (C=O) groups is 1. The second-order valence-corrected chi connectivity index (χ2v) is 8.75. The smallest absolute Gasteiger partial charge is 0.282 e. The van der Waals surface area contributed by atoms with Crippen molar-refractivity contribution in [3.8, 4) is 11.5 Å². The molecule has 4 heterocycles. The molecule has 6 aromatic rings. The van der Waals surface area contributed by atoms with Gasteiger partial charge in [-0.25, -0.2) is 4.98 Å². The zero-order valence-corrected chi connectivity index (χ0v) is 22.9. The average molecular weight is 611 g/mol. The van der Waals surface area contributed by atoms with Crippen LogP contribution in [-0.4, -0.2) is 35.7 Å². The second-order valence-electron chi connectivity index (χ2n) is 8.75. The van der Waals surface area contributed by atoms with Gasteiger partial charge in [-0.2, -0.15) is 0 Å². The number of amides is 1. The number of hydrogen-bond acceptors (Lipinski definition) is 11. The Morgan fingerprint density at radius 1 is 0.844 bits per heavy atom. The van der Waals surface area contributed by atoms with E-state index in [0.29, 0.717) is 16.7 Å². The van der Waals surface area contributed by atoms with Gasteiger partial charge in [0.2, 0.25) is 16.7 Å². The van der Waals surface area contributed by atoms with Gasteiger partial charge in [-0.3, -0.25) is 39.6 Å². The van der Waals surface area contributed by atoms with Gasteiger partial charge in [0.25, 0.3) is 17.3 Å². The summed E-state index contributed by atoms with van der Waals surface area (Å²) in [5, 5.41) is 24.1. The summed E-state index contributed by atoms with van der Waals surface area (Å²) in [6, 6.07) is 16.2. The largest absolute Gasteiger partial charge is 0.436 e. The Labute approximate surface area is 251 Å². The van der Waals surface area contributed by atoms with E-state index < -0.39 is 15.8 Å². The highest BCUT2D eigenvalue weighted by molar-refractivity contribution is 6.06. The van der Waals surface area contributed by atoms with Crippen molar-refractivity contribution in [2.45, 2.75) is 0 Å². The number of carbonyl (C=O) groups excluding carboxylic acids is 1. The molecule has 16 nitrogen and oxygen atoms in total. The van der Waals surface area contributed by atoms with E-state index in [0.717, 1.165) is 0 Å². The number of benzene rings is 2. The van der Waals surface area contributed by atoms with Crippen molar-refractivity contribution in [1.82, 2.24) is 19.9 Å². The van der Waals surface area contributed by atoms with Crippen LogP contribution in [0.4, 0.5) is 22.7 Å². The van der Waals surface area contributed by atoms with Crippen molar-refractivity contribution in [3.63, 3.8) is 0 Å². The predicted octanol–water partition coefficient (Wildman–Crippen LogP) is 4.29. The molecule has 0 saturated carbocycles. The number of anilines is 2. The lowest BCUT2D eigenvalue weighted by Gasteiger charge is -2.04. The maximum absolute atomic E-state index is 11.9. The molecule has 0 aliphatic carbocycles. The Hall–Kier alpha value is -6.97. The van der Waals surface area contributed by atoms with Crippen molar-refractivity contribution in [2.24, 2.45) is 0 Å². The molecule has 0 aliphatic rings. The van der Waals surface area contributed by atoms with Crippen molar-refractivity contribution in [2.75, 3.05) is 11.1 Å². The van der Waals surface area contributed by atoms with E-state index in [-0.39, 0.29) is 45.1 Å². The Morgan fingerprint density at radius 3 is 2.11 bits per heavy atom. The lowest BCUT2D eigenvalue weighted by atomic mass is 10.1. The molecule has 0 spiro atoms. The first-order valence-corrected chi connectivity index (χ1v) is 12.7. The maximum Gasteiger partial charge on any atom is 0.282 e. The minimum Gasteiger partial charge on any atom is -0.436 e. The SMILES string of the molecule is Nc1c[nH]ccc1=O.O=C(Nc1c[nH]ccc1=O)c1ccccc1[N+](=O)[O-].O=[N+]([O-])c1ccccc1-c1nc2cnccc2o1. The molecule has 1 amide bonds. The summed E-state index contributed by atoms with van der Waals surface area (Å²) in [7, 11) is 0. The summed E-state index contributed by atoms with van der Waals surface area (Å²) in [4.78, 5) is 67.9. The minimum absolute atomic E-state index is 0.0305. The molecule has 2 aromatic carbocycles. The van der Waals surface area contributed by atoms with Gasteiger partial charge in [-0.15, -0.1) is 0 Å². The van der Waals surface area contributed by atoms with Crippen LogP contribution in [0.15, 0.2) is 118 Å². The summed E-state index contributed by atoms with van der Waals surface area (Å²) >= 11 is 0. The summed E-state index contributed by atoms with van der Waals surface area (Å²) in [6.07, 6.45) is 8.87. The maximum atomic E-state index is 11.9. The number of oxazole rings is 1. The minimum atomic E-state index is -0.705. The summed E-state index contributed by atoms with van der Waals surface area (Å²) in [6.45, 7) is 0. The van der Waals surface area contributed by atoms with Crippen molar-refractivity contribution in [3.05, 3.63) is 150 Å². The highest BCUT2D eigenvalue weighted by Gasteiger charge is 2.20. The summed E-state index contributed by atoms with van der Waals surface area (Å²) < 4.78 is 5.49. The number of nitrogens with zero attached hydrogens (tertiary/aromatic N) is 4. The molecule has 0 aliphatic heterocycles. The lowest BCUT2D eigenvalue weighted by molar-refractivity contribution is -0.385. The van der Waals surface area contributed by atoms with Crippen LogP contribution in [0.3, 0.4) is 0 Å². The summed E-state index contributed by atoms with van der Waals surface area (Å²) in [5.74, 6) is -0.477. The number of pyridine rings is 3. The Kier molecular flexibility index (Phi) is 9.83. The van der Waals surface area contributed by atoms with Crippen LogP contribution in [0, 0.1) is 20.2 Å². The number of rotatable bonds is 5. The standard InChI is InChI=1S/C12H9N3O4.C12H7N3O3.C5H6N2O/c16-11-5-6-13-7-9(11)14-12(17)8-3-1-2-4-10(8)15(18)19;16-15(17)10-4-2-1-3-8(10)12-14-9-7-13-6-5-11(9)18-12;6-4-3-7-2-1-5(4)8/h1-7H,(H,13,16)(H,14,17);1-7H;1-3H,6H2,(H,7,8). The molecular formula is C29H22N8O8. The Balaban J connectivity index is 0.000000166. The fourth-order valence-corrected chi connectivity index (χ4v) is 3.67. The van der Waals surface area contributed by atoms with E-state index >= 15 is 0 Å². The van der Waals surface area contributed by atoms with E-state index in [2.05, 4.69) is 25.3 Å². The molecule has 45 heavy (non-hydrogen) atoms. The molecule has 4 aromatic heterocycles. The molecule has 226 valence electrons. The van der Waals surface area contributed by atoms with Gasteiger partial charge in [0.15, 0.2) is 5.58 Å². The third-order valence-corrected chi connectivity index (χ3v) is 5.79. The molecule has 0 saturated heterocycles. The number of nitrogens with two attached hydrogens (primary N) is 1. The third-order valence-electron chi connectivity index (χ3n) is 5.79. The first kappa shape index (κ1) is 31.0. The number of nitro benzene ring substituents is 2. The van der Waals surface area contributed by atoms with Gasteiger partial charge in [-0.1, -0.05) is 24.3 Å². The van der Waals surface area contributed by atoms with Crippen LogP contribution < -0.4 is 21.9 Å². The first-order chi connectivity index (χ1) is 21.7. The molecule has 0 atom stereocenters. The monoisotopic (exact) mass is 610 g/mol. The highest BCUT2D eigenvalue weighted by Crippen LogP contribution is 2.30. The number of H-pyrrole nitrogens is 2. The molecule has 16 heteroatoms. The van der Waals surface area contributed by atoms with Crippen LogP contribution in [0.1, 0.15) is 10.4 Å². The number of fused-ring (bicyclic) bond motifs is 1. The van der Waals surface area contributed by atoms with Crippen LogP contribution in [-0.2, 0) is 0 Å². The number of para-hydroxylation sites is 2. The molecule has 6 rings (SSSR count). The molecule has 0 bridgehead atoms. The average Bonchev–Trinajstić information content (AvgIpc) is 3.49. The van der Waals surface area contributed by atoms with Gasteiger partial charge in [0.1, 0.15) is 22.3 Å². The van der Waals surface area contributed by atoms with E-state index in [1.807, 2.05) is 0 Å². The van der Waals surface area contributed by atoms with Crippen LogP contribution in [0.25, 0.3) is 22.6 Å². The van der Waals surface area contributed by atoms with E-state index in [1.54, 1.807) is 42.9 Å². The fraction of sp³-hybridized carbons (Fsp3) is 0. The number of hydrogen-bond donors (Lipinski definition) is 4.